The number of nitrogens with one attached hydrogen (secondary N) is 1. The number of aromatic nitrogens is 3. The van der Waals surface area contributed by atoms with E-state index >= 15 is 0 Å². The van der Waals surface area contributed by atoms with Crippen LogP contribution in [0.2, 0.25) is 0 Å². The fourth-order valence-corrected chi connectivity index (χ4v) is 6.59. The first-order chi connectivity index (χ1) is 16.1. The fraction of sp³-hybridized carbons (Fsp3) is 0.435. The van der Waals surface area contributed by atoms with Crippen LogP contribution < -0.4 is 0 Å². The van der Waals surface area contributed by atoms with Gasteiger partial charge in [-0.05, 0) is 73.9 Å². The molecule has 6 nitrogen and oxygen atoms in total. The molecule has 1 aliphatic heterocycles. The van der Waals surface area contributed by atoms with Crippen molar-refractivity contribution in [2.75, 3.05) is 13.1 Å². The third kappa shape index (κ3) is 3.68. The molecular formula is C23H23F5N4O2S. The van der Waals surface area contributed by atoms with E-state index in [1.54, 1.807) is 6.20 Å². The number of aliphatic hydroxyl groups is 1. The van der Waals surface area contributed by atoms with Gasteiger partial charge in [-0.15, -0.1) is 0 Å². The van der Waals surface area contributed by atoms with Crippen LogP contribution in [0.25, 0.3) is 11.2 Å². The number of aromatic amines is 1. The number of hydrogen-bond acceptors (Lipinski definition) is 4. The summed E-state index contributed by atoms with van der Waals surface area (Å²) in [7, 11) is -9.77. The van der Waals surface area contributed by atoms with Crippen LogP contribution in [0.3, 0.4) is 0 Å². The Morgan fingerprint density at radius 1 is 1.03 bits per heavy atom. The van der Waals surface area contributed by atoms with Gasteiger partial charge in [0.25, 0.3) is 5.91 Å². The van der Waals surface area contributed by atoms with Crippen LogP contribution in [-0.2, 0) is 5.41 Å². The Hall–Kier alpha value is -2.73. The monoisotopic (exact) mass is 514 g/mol. The summed E-state index contributed by atoms with van der Waals surface area (Å²) in [6.45, 7) is 0.767. The quantitative estimate of drug-likeness (QED) is 0.431. The van der Waals surface area contributed by atoms with E-state index in [0.717, 1.165) is 29.0 Å². The predicted molar refractivity (Wildman–Crippen MR) is 120 cm³/mol. The van der Waals surface area contributed by atoms with Crippen LogP contribution in [0, 0.1) is 0 Å². The Morgan fingerprint density at radius 2 is 1.66 bits per heavy atom. The number of fused-ring (bicyclic) bond motifs is 1. The molecule has 3 saturated carbocycles. The van der Waals surface area contributed by atoms with Gasteiger partial charge >= 0.3 is 10.2 Å². The fourth-order valence-electron chi connectivity index (χ4n) is 5.94. The summed E-state index contributed by atoms with van der Waals surface area (Å²) in [5.41, 5.74) is 1.84. The number of nitrogens with zero attached hydrogens (tertiary/aromatic N) is 3. The van der Waals surface area contributed by atoms with E-state index in [-0.39, 0.29) is 29.0 Å². The zero-order valence-electron chi connectivity index (χ0n) is 18.5. The van der Waals surface area contributed by atoms with Crippen LogP contribution >= 0.6 is 10.2 Å². The van der Waals surface area contributed by atoms with E-state index in [9.17, 15) is 29.3 Å². The minimum absolute atomic E-state index is 0.0567. The van der Waals surface area contributed by atoms with Gasteiger partial charge in [0.2, 0.25) is 0 Å². The molecule has 4 fully saturated rings. The highest BCUT2D eigenvalue weighted by atomic mass is 32.5. The second-order valence-corrected chi connectivity index (χ2v) is 12.7. The molecule has 3 aliphatic carbocycles. The van der Waals surface area contributed by atoms with Crippen molar-refractivity contribution in [1.29, 1.82) is 0 Å². The minimum Gasteiger partial charge on any atom is -0.390 e. The predicted octanol–water partition coefficient (Wildman–Crippen LogP) is 5.80. The molecule has 4 aliphatic rings. The van der Waals surface area contributed by atoms with Gasteiger partial charge < -0.3 is 15.0 Å². The van der Waals surface area contributed by atoms with E-state index in [4.69, 9.17) is 0 Å². The molecule has 2 bridgehead atoms. The largest absolute Gasteiger partial charge is 0.390 e. The number of carbonyl (C=O) groups is 1. The smallest absolute Gasteiger partial charge is 0.310 e. The van der Waals surface area contributed by atoms with Gasteiger partial charge in [0.05, 0.1) is 11.1 Å². The second-order valence-electron chi connectivity index (χ2n) is 10.3. The lowest BCUT2D eigenvalue weighted by Gasteiger charge is -2.66. The first-order valence-electron chi connectivity index (χ1n) is 11.4. The molecule has 7 rings (SSSR count). The highest BCUT2D eigenvalue weighted by Gasteiger charge is 2.69. The van der Waals surface area contributed by atoms with Gasteiger partial charge in [0.15, 0.2) is 5.65 Å². The third-order valence-corrected chi connectivity index (χ3v) is 8.86. The number of piperidine rings is 1. The number of likely N-dealkylation sites (tertiary alicyclic amines) is 1. The Morgan fingerprint density at radius 3 is 2.23 bits per heavy atom. The number of benzene rings is 1. The van der Waals surface area contributed by atoms with E-state index in [1.165, 1.54) is 4.90 Å². The van der Waals surface area contributed by atoms with Crippen molar-refractivity contribution in [2.45, 2.75) is 53.9 Å². The molecule has 1 aromatic carbocycles. The van der Waals surface area contributed by atoms with Crippen molar-refractivity contribution in [1.82, 2.24) is 19.9 Å². The summed E-state index contributed by atoms with van der Waals surface area (Å²) >= 11 is 0. The number of pyridine rings is 1. The van der Waals surface area contributed by atoms with Crippen LogP contribution in [0.5, 0.6) is 0 Å². The topological polar surface area (TPSA) is 82.1 Å². The van der Waals surface area contributed by atoms with Crippen molar-refractivity contribution in [2.24, 2.45) is 0 Å². The maximum absolute atomic E-state index is 12.9. The highest BCUT2D eigenvalue weighted by Crippen LogP contribution is 3.02. The van der Waals surface area contributed by atoms with Crippen molar-refractivity contribution in [3.63, 3.8) is 0 Å². The van der Waals surface area contributed by atoms with Gasteiger partial charge in [-0.2, -0.15) is 0 Å². The number of carbonyl (C=O) groups excluding carboxylic acids is 1. The standard InChI is InChI=1S/C23H23F5N4O2S/c24-35(25,26,27,28)16-3-1-15(2-4-16)20(33)32-9-6-14(7-10-32)17-5-8-29-19-18(17)30-21(31-19)22-11-23(34,12-22)13-22/h1-5,8,14,34H,6-7,9-13H2,(H,29,30,31). The lowest BCUT2D eigenvalue weighted by Crippen LogP contribution is -2.69. The SMILES string of the molecule is O=C(c1ccc(S(F)(F)(F)(F)F)cc1)N1CCC(c2ccnc3nc(C45CC(O)(C4)C5)[nH]c23)CC1. The third-order valence-electron chi connectivity index (χ3n) is 7.70. The molecule has 1 saturated heterocycles. The minimum atomic E-state index is -9.77. The van der Waals surface area contributed by atoms with Gasteiger partial charge in [0, 0.05) is 30.3 Å². The summed E-state index contributed by atoms with van der Waals surface area (Å²) in [5.74, 6) is 0.499. The Balaban J connectivity index is 1.16. The number of rotatable bonds is 4. The Labute approximate surface area is 197 Å². The van der Waals surface area contributed by atoms with Crippen molar-refractivity contribution < 1.29 is 29.3 Å². The summed E-state index contributed by atoms with van der Waals surface area (Å²) in [5, 5.41) is 10.1. The molecule has 0 spiro atoms. The first-order valence-corrected chi connectivity index (χ1v) is 13.3. The Bertz CT molecular complexity index is 1350. The molecular weight excluding hydrogens is 491 g/mol. The summed E-state index contributed by atoms with van der Waals surface area (Å²) < 4.78 is 64.7. The van der Waals surface area contributed by atoms with Crippen molar-refractivity contribution in [3.05, 3.63) is 53.5 Å². The van der Waals surface area contributed by atoms with Crippen LogP contribution in [-0.4, -0.2) is 49.6 Å². The van der Waals surface area contributed by atoms with Gasteiger partial charge in [-0.1, -0.05) is 19.4 Å². The first kappa shape index (κ1) is 22.7. The molecule has 2 N–H and O–H groups in total. The summed E-state index contributed by atoms with van der Waals surface area (Å²) in [6.07, 6.45) is 5.09. The summed E-state index contributed by atoms with van der Waals surface area (Å²) in [6, 6.07) is 4.09. The van der Waals surface area contributed by atoms with E-state index < -0.39 is 26.6 Å². The van der Waals surface area contributed by atoms with E-state index in [2.05, 4.69) is 15.0 Å². The molecule has 0 radical (unpaired) electrons. The second kappa shape index (κ2) is 6.33. The van der Waals surface area contributed by atoms with Gasteiger partial charge in [-0.25, -0.2) is 9.97 Å². The molecule has 2 aromatic heterocycles. The van der Waals surface area contributed by atoms with Crippen molar-refractivity contribution in [3.8, 4) is 0 Å². The number of imidazole rings is 1. The number of amides is 1. The molecule has 3 aromatic rings. The summed E-state index contributed by atoms with van der Waals surface area (Å²) in [4.78, 5) is 24.8. The van der Waals surface area contributed by atoms with Crippen LogP contribution in [0.4, 0.5) is 19.4 Å². The number of H-pyrrole nitrogens is 1. The van der Waals surface area contributed by atoms with Crippen LogP contribution in [0.15, 0.2) is 41.4 Å². The average molecular weight is 515 g/mol. The Kier molecular flexibility index (Phi) is 4.11. The normalized spacial score (nSPS) is 28.7. The number of halogens is 5. The van der Waals surface area contributed by atoms with Gasteiger partial charge in [-0.3, -0.25) is 4.79 Å². The lowest BCUT2D eigenvalue weighted by molar-refractivity contribution is -0.216. The maximum atomic E-state index is 12.9. The molecule has 1 amide bonds. The maximum Gasteiger partial charge on any atom is 0.310 e. The van der Waals surface area contributed by atoms with Gasteiger partial charge in [0.1, 0.15) is 10.7 Å². The molecule has 0 atom stereocenters. The molecule has 0 unspecified atom stereocenters. The van der Waals surface area contributed by atoms with Crippen LogP contribution in [0.1, 0.15) is 59.8 Å². The molecule has 188 valence electrons. The highest BCUT2D eigenvalue weighted by molar-refractivity contribution is 8.45. The van der Waals surface area contributed by atoms with Crippen molar-refractivity contribution >= 4 is 27.3 Å². The lowest BCUT2D eigenvalue weighted by atomic mass is 9.41. The zero-order chi connectivity index (χ0) is 24.9. The van der Waals surface area contributed by atoms with E-state index in [1.807, 2.05) is 6.07 Å². The molecule has 35 heavy (non-hydrogen) atoms. The molecule has 3 heterocycles. The molecule has 12 heteroatoms. The zero-order valence-corrected chi connectivity index (χ0v) is 19.3. The average Bonchev–Trinajstić information content (AvgIpc) is 3.19. The van der Waals surface area contributed by atoms with E-state index in [0.29, 0.717) is 50.8 Å². The number of hydrogen-bond donors (Lipinski definition) is 2.